The van der Waals surface area contributed by atoms with E-state index in [1.165, 1.54) is 46.5 Å². The number of nitrogens with one attached hydrogen (secondary N) is 10. The van der Waals surface area contributed by atoms with Crippen molar-refractivity contribution in [1.29, 1.82) is 0 Å². The Labute approximate surface area is 398 Å². The van der Waals surface area contributed by atoms with Gasteiger partial charge >= 0.3 is 5.97 Å². The topological polar surface area (TPSA) is 439 Å². The lowest BCUT2D eigenvalue weighted by atomic mass is 10.1. The van der Waals surface area contributed by atoms with Crippen molar-refractivity contribution in [1.82, 2.24) is 58.1 Å². The molecule has 28 nitrogen and oxygen atoms in total. The van der Waals surface area contributed by atoms with Gasteiger partial charge in [-0.3, -0.25) is 62.5 Å². The Hall–Kier alpha value is -6.78. The average molecular weight is 988 g/mol. The normalized spacial score (nSPS) is 13.2. The summed E-state index contributed by atoms with van der Waals surface area (Å²) >= 11 is 1.37. The zero-order valence-corrected chi connectivity index (χ0v) is 40.1. The van der Waals surface area contributed by atoms with Gasteiger partial charge in [0.05, 0.1) is 26.2 Å². The number of hydrogen-bond acceptors (Lipinski definition) is 15. The molecule has 0 aliphatic rings. The van der Waals surface area contributed by atoms with Gasteiger partial charge in [-0.2, -0.15) is 11.8 Å². The predicted molar refractivity (Wildman–Crippen MR) is 247 cm³/mol. The number of amides is 11. The summed E-state index contributed by atoms with van der Waals surface area (Å²) in [4.78, 5) is 154. The molecule has 0 unspecified atom stereocenters. The minimum absolute atomic E-state index is 0.0192. The largest absolute Gasteiger partial charge is 0.480 e. The molecular weight excluding hydrogens is 919 g/mol. The van der Waals surface area contributed by atoms with Gasteiger partial charge in [0.2, 0.25) is 65.0 Å². The van der Waals surface area contributed by atoms with Crippen LogP contribution < -0.4 is 70.4 Å². The number of carboxylic acids is 1. The molecule has 384 valence electrons. The van der Waals surface area contributed by atoms with Crippen molar-refractivity contribution in [2.24, 2.45) is 22.2 Å². The van der Waals surface area contributed by atoms with Crippen molar-refractivity contribution in [3.05, 3.63) is 0 Å². The Balaban J connectivity index is 5.10. The molecule has 0 saturated heterocycles. The fourth-order valence-electron chi connectivity index (χ4n) is 5.53. The van der Waals surface area contributed by atoms with Crippen LogP contribution in [0.1, 0.15) is 66.2 Å². The van der Waals surface area contributed by atoms with Gasteiger partial charge in [0.15, 0.2) is 5.96 Å². The second kappa shape index (κ2) is 33.7. The second-order valence-corrected chi connectivity index (χ2v) is 16.3. The molecule has 0 radical (unpaired) electrons. The third kappa shape index (κ3) is 27.6. The van der Waals surface area contributed by atoms with Crippen molar-refractivity contribution in [3.8, 4) is 0 Å². The summed E-state index contributed by atoms with van der Waals surface area (Å²) in [6.07, 6.45) is 3.64. The Morgan fingerprint density at radius 1 is 0.574 bits per heavy atom. The van der Waals surface area contributed by atoms with Gasteiger partial charge in [0.25, 0.3) is 0 Å². The molecule has 0 bridgehead atoms. The van der Waals surface area contributed by atoms with Crippen molar-refractivity contribution < 1.29 is 62.6 Å². The van der Waals surface area contributed by atoms with Crippen LogP contribution in [0.3, 0.4) is 0 Å². The number of thioether (sulfide) groups is 1. The molecule has 17 N–H and O–H groups in total. The summed E-state index contributed by atoms with van der Waals surface area (Å²) in [5.74, 6) is -9.01. The van der Waals surface area contributed by atoms with Gasteiger partial charge in [0, 0.05) is 20.5 Å². The number of unbranched alkanes of at least 4 members (excludes halogenated alkanes) is 1. The molecule has 0 aromatic heterocycles. The third-order valence-electron chi connectivity index (χ3n) is 9.26. The quantitative estimate of drug-likeness (QED) is 0.0165. The van der Waals surface area contributed by atoms with Crippen molar-refractivity contribution in [2.75, 3.05) is 64.9 Å². The van der Waals surface area contributed by atoms with Crippen LogP contribution in [0.25, 0.3) is 0 Å². The third-order valence-corrected chi connectivity index (χ3v) is 9.90. The summed E-state index contributed by atoms with van der Waals surface area (Å²) in [6.45, 7) is 2.85. The Morgan fingerprint density at radius 2 is 1.09 bits per heavy atom. The van der Waals surface area contributed by atoms with E-state index < -0.39 is 140 Å². The molecule has 11 amide bonds. The molecule has 0 heterocycles. The highest BCUT2D eigenvalue weighted by Gasteiger charge is 2.29. The summed E-state index contributed by atoms with van der Waals surface area (Å²) in [7, 11) is 1.27. The maximum Gasteiger partial charge on any atom is 0.322 e. The number of nitrogens with two attached hydrogens (primary N) is 3. The zero-order valence-electron chi connectivity index (χ0n) is 39.2. The molecule has 68 heavy (non-hydrogen) atoms. The minimum Gasteiger partial charge on any atom is -0.480 e. The van der Waals surface area contributed by atoms with Crippen LogP contribution in [0, 0.1) is 0 Å². The summed E-state index contributed by atoms with van der Waals surface area (Å²) in [5.41, 5.74) is 16.1. The van der Waals surface area contributed by atoms with Crippen LogP contribution in [-0.4, -0.2) is 188 Å². The average Bonchev–Trinajstić information content (AvgIpc) is 3.26. The summed E-state index contributed by atoms with van der Waals surface area (Å²) < 4.78 is 0. The van der Waals surface area contributed by atoms with Crippen molar-refractivity contribution in [3.63, 3.8) is 0 Å². The smallest absolute Gasteiger partial charge is 0.322 e. The lowest BCUT2D eigenvalue weighted by molar-refractivity contribution is -0.138. The van der Waals surface area contributed by atoms with Crippen LogP contribution in [0.4, 0.5) is 0 Å². The Morgan fingerprint density at radius 3 is 1.66 bits per heavy atom. The minimum atomic E-state index is -1.31. The lowest BCUT2D eigenvalue weighted by Gasteiger charge is -2.24. The van der Waals surface area contributed by atoms with Crippen LogP contribution in [0.5, 0.6) is 0 Å². The van der Waals surface area contributed by atoms with E-state index in [0.29, 0.717) is 31.6 Å². The summed E-state index contributed by atoms with van der Waals surface area (Å²) in [6, 6.07) is -6.86. The fourth-order valence-corrected chi connectivity index (χ4v) is 6.01. The monoisotopic (exact) mass is 987 g/mol. The van der Waals surface area contributed by atoms with Crippen molar-refractivity contribution >= 4 is 88.7 Å². The Bertz CT molecular complexity index is 1800. The maximum absolute atomic E-state index is 13.3. The molecular formula is C39H69N15O13S. The molecule has 0 aromatic carbocycles. The van der Waals surface area contributed by atoms with Gasteiger partial charge < -0.3 is 80.4 Å². The van der Waals surface area contributed by atoms with E-state index in [9.17, 15) is 57.5 Å². The first-order valence-electron chi connectivity index (χ1n) is 21.5. The van der Waals surface area contributed by atoms with Gasteiger partial charge in [-0.05, 0) is 77.8 Å². The van der Waals surface area contributed by atoms with E-state index in [-0.39, 0.29) is 31.8 Å². The van der Waals surface area contributed by atoms with Gasteiger partial charge in [0.1, 0.15) is 42.8 Å². The number of guanidine groups is 1. The maximum atomic E-state index is 13.3. The highest BCUT2D eigenvalue weighted by Crippen LogP contribution is 2.04. The number of aliphatic carboxylic acids is 1. The van der Waals surface area contributed by atoms with E-state index in [2.05, 4.69) is 58.2 Å². The molecule has 0 aromatic rings. The van der Waals surface area contributed by atoms with E-state index in [1.54, 1.807) is 6.26 Å². The SMILES string of the molecule is CSCC[C@H](NC(=O)CN(C)C(=O)CNC(=O)[C@H](C)NC(=O)CNC(=O)CNC(=O)[C@H](CCCCN)NC(C)=O)C(=O)N[C@@H](C)C(=O)N[C@@H](C)C(=O)N[C@@H](CCCN=C(N)N)C(=O)NCC(=O)O. The highest BCUT2D eigenvalue weighted by molar-refractivity contribution is 7.98. The standard InChI is InChI=1S/C39H69N15O13S/c1-21(48-29(57)17-44-28(56)16-45-36(65)25(51-24(4)55)10-7-8-13-40)33(62)46-18-31(59)54(5)20-30(58)52-27(12-15-68-6)38(67)50-22(2)34(63)49-23(3)35(64)53-26(11-9-14-43-39(41)42)37(66)47-19-32(60)61/h21-23,25-27H,7-20,40H2,1-6H3,(H,44,56)(H,45,65)(H,46,62)(H,47,66)(H,48,57)(H,49,63)(H,50,67)(H,51,55)(H,52,58)(H,53,64)(H,60,61)(H4,41,42,43)/t21-,22-,23-,25-,26-,27-/m0/s1. The van der Waals surface area contributed by atoms with Gasteiger partial charge in [-0.15, -0.1) is 0 Å². The van der Waals surface area contributed by atoms with E-state index in [1.807, 2.05) is 0 Å². The molecule has 0 rings (SSSR count). The first kappa shape index (κ1) is 61.2. The zero-order chi connectivity index (χ0) is 51.9. The van der Waals surface area contributed by atoms with Crippen LogP contribution >= 0.6 is 11.8 Å². The number of carbonyl (C=O) groups is 12. The van der Waals surface area contributed by atoms with Gasteiger partial charge in [-0.1, -0.05) is 0 Å². The molecule has 0 aliphatic heterocycles. The predicted octanol–water partition coefficient (Wildman–Crippen LogP) is -7.08. The Kier molecular flexibility index (Phi) is 30.3. The number of nitrogens with zero attached hydrogens (tertiary/aromatic N) is 2. The first-order chi connectivity index (χ1) is 31.9. The van der Waals surface area contributed by atoms with Crippen molar-refractivity contribution in [2.45, 2.75) is 102 Å². The molecule has 0 saturated carbocycles. The number of carboxylic acid groups (broad SMARTS) is 1. The summed E-state index contributed by atoms with van der Waals surface area (Å²) in [5, 5.41) is 32.8. The highest BCUT2D eigenvalue weighted by atomic mass is 32.2. The van der Waals surface area contributed by atoms with E-state index >= 15 is 0 Å². The number of rotatable bonds is 33. The molecule has 6 atom stereocenters. The number of hydrogen-bond donors (Lipinski definition) is 14. The molecule has 0 spiro atoms. The van der Waals surface area contributed by atoms with Crippen LogP contribution in [0.2, 0.25) is 0 Å². The van der Waals surface area contributed by atoms with Crippen LogP contribution in [0.15, 0.2) is 4.99 Å². The molecule has 0 fully saturated rings. The number of carbonyl (C=O) groups excluding carboxylic acids is 11. The number of likely N-dealkylation sites (N-methyl/N-ethyl adjacent to an activating group) is 1. The lowest BCUT2D eigenvalue weighted by Crippen LogP contribution is -2.57. The molecule has 0 aliphatic carbocycles. The molecule has 29 heteroatoms. The van der Waals surface area contributed by atoms with E-state index in [4.69, 9.17) is 22.3 Å². The second-order valence-electron chi connectivity index (χ2n) is 15.3. The van der Waals surface area contributed by atoms with Gasteiger partial charge in [-0.25, -0.2) is 0 Å². The van der Waals surface area contributed by atoms with E-state index in [0.717, 1.165) is 4.90 Å². The fraction of sp³-hybridized carbons (Fsp3) is 0.667. The number of aliphatic imine (C=N–C) groups is 1. The van der Waals surface area contributed by atoms with Crippen LogP contribution in [-0.2, 0) is 57.5 Å². The first-order valence-corrected chi connectivity index (χ1v) is 22.9.